The number of aromatic nitrogens is 1. The second-order valence-electron chi connectivity index (χ2n) is 3.95. The molecule has 19 heavy (non-hydrogen) atoms. The number of nitrogens with zero attached hydrogens (tertiary/aromatic N) is 1. The first kappa shape index (κ1) is 14.0. The largest absolute Gasteiger partial charge is 0.496 e. The van der Waals surface area contributed by atoms with Crippen LogP contribution in [0.5, 0.6) is 5.75 Å². The molecule has 1 aromatic heterocycles. The van der Waals surface area contributed by atoms with E-state index in [-0.39, 0.29) is 12.2 Å². The molecule has 0 saturated heterocycles. The number of hydrogen-bond donors (Lipinski definition) is 0. The number of benzene rings is 1. The topological polar surface area (TPSA) is 39.2 Å². The molecular formula is C14H11BrClNO2. The molecule has 1 aromatic carbocycles. The third-order valence-corrected chi connectivity index (χ3v) is 3.29. The summed E-state index contributed by atoms with van der Waals surface area (Å²) in [5.74, 6) is 0.620. The first-order valence-corrected chi connectivity index (χ1v) is 6.73. The van der Waals surface area contributed by atoms with E-state index in [1.165, 1.54) is 0 Å². The monoisotopic (exact) mass is 339 g/mol. The van der Waals surface area contributed by atoms with E-state index in [1.54, 1.807) is 43.8 Å². The predicted octanol–water partition coefficient (Wildman–Crippen LogP) is 3.93. The van der Waals surface area contributed by atoms with E-state index in [2.05, 4.69) is 20.9 Å². The second kappa shape index (κ2) is 6.17. The van der Waals surface area contributed by atoms with Crippen LogP contribution in [0.25, 0.3) is 0 Å². The number of pyridine rings is 1. The number of carbonyl (C=O) groups excluding carboxylic acids is 1. The van der Waals surface area contributed by atoms with Crippen molar-refractivity contribution in [2.45, 2.75) is 6.42 Å². The van der Waals surface area contributed by atoms with Crippen molar-refractivity contribution in [3.8, 4) is 5.75 Å². The average Bonchev–Trinajstić information content (AvgIpc) is 2.39. The first-order chi connectivity index (χ1) is 9.10. The molecule has 0 unspecified atom stereocenters. The van der Waals surface area contributed by atoms with Crippen LogP contribution in [0.3, 0.4) is 0 Å². The van der Waals surface area contributed by atoms with E-state index in [4.69, 9.17) is 16.3 Å². The molecule has 5 heteroatoms. The van der Waals surface area contributed by atoms with Gasteiger partial charge < -0.3 is 4.74 Å². The van der Waals surface area contributed by atoms with Gasteiger partial charge in [-0.15, -0.1) is 0 Å². The average molecular weight is 341 g/mol. The lowest BCUT2D eigenvalue weighted by atomic mass is 10.0. The Morgan fingerprint density at radius 1 is 1.37 bits per heavy atom. The molecule has 0 bridgehead atoms. The Balaban J connectivity index is 2.26. The van der Waals surface area contributed by atoms with Crippen molar-refractivity contribution >= 4 is 33.3 Å². The third-order valence-electron chi connectivity index (χ3n) is 2.62. The molecule has 0 amide bonds. The highest BCUT2D eigenvalue weighted by molar-refractivity contribution is 9.10. The predicted molar refractivity (Wildman–Crippen MR) is 78.0 cm³/mol. The molecule has 0 aliphatic carbocycles. The Bertz CT molecular complexity index is 616. The number of ketones is 1. The van der Waals surface area contributed by atoms with Crippen LogP contribution in [0.2, 0.25) is 5.02 Å². The first-order valence-electron chi connectivity index (χ1n) is 5.56. The van der Waals surface area contributed by atoms with E-state index < -0.39 is 0 Å². The standard InChI is InChI=1S/C14H11BrClNO2/c1-19-14-3-2-12(16)5-9(14)6-13(18)10-4-11(15)8-17-7-10/h2-5,7-8H,6H2,1H3. The second-order valence-corrected chi connectivity index (χ2v) is 5.30. The van der Waals surface area contributed by atoms with Gasteiger partial charge in [0.2, 0.25) is 0 Å². The van der Waals surface area contributed by atoms with E-state index in [0.717, 1.165) is 10.0 Å². The van der Waals surface area contributed by atoms with Crippen LogP contribution in [0.4, 0.5) is 0 Å². The van der Waals surface area contributed by atoms with Crippen LogP contribution >= 0.6 is 27.5 Å². The van der Waals surface area contributed by atoms with Crippen molar-refractivity contribution in [1.82, 2.24) is 4.98 Å². The van der Waals surface area contributed by atoms with Gasteiger partial charge in [-0.3, -0.25) is 9.78 Å². The van der Waals surface area contributed by atoms with Gasteiger partial charge in [0, 0.05) is 39.4 Å². The fourth-order valence-electron chi connectivity index (χ4n) is 1.72. The van der Waals surface area contributed by atoms with Crippen LogP contribution in [0, 0.1) is 0 Å². The van der Waals surface area contributed by atoms with E-state index in [0.29, 0.717) is 16.3 Å². The third kappa shape index (κ3) is 3.55. The van der Waals surface area contributed by atoms with Gasteiger partial charge in [-0.05, 0) is 40.2 Å². The van der Waals surface area contributed by atoms with E-state index in [9.17, 15) is 4.79 Å². The van der Waals surface area contributed by atoms with Gasteiger partial charge >= 0.3 is 0 Å². The molecule has 98 valence electrons. The van der Waals surface area contributed by atoms with Crippen LogP contribution < -0.4 is 4.74 Å². The quantitative estimate of drug-likeness (QED) is 0.792. The van der Waals surface area contributed by atoms with Crippen molar-refractivity contribution in [3.05, 3.63) is 57.3 Å². The van der Waals surface area contributed by atoms with Gasteiger partial charge in [0.1, 0.15) is 5.75 Å². The summed E-state index contributed by atoms with van der Waals surface area (Å²) in [5, 5.41) is 0.580. The van der Waals surface area contributed by atoms with Gasteiger partial charge in [-0.25, -0.2) is 0 Å². The summed E-state index contributed by atoms with van der Waals surface area (Å²) in [6, 6.07) is 6.97. The minimum absolute atomic E-state index is 0.0330. The Morgan fingerprint density at radius 3 is 2.84 bits per heavy atom. The molecule has 2 aromatic rings. The summed E-state index contributed by atoms with van der Waals surface area (Å²) in [6.45, 7) is 0. The number of rotatable bonds is 4. The molecule has 0 radical (unpaired) electrons. The summed E-state index contributed by atoms with van der Waals surface area (Å²) >= 11 is 9.24. The molecule has 0 spiro atoms. The maximum absolute atomic E-state index is 12.2. The molecule has 1 heterocycles. The highest BCUT2D eigenvalue weighted by atomic mass is 79.9. The van der Waals surface area contributed by atoms with Crippen molar-refractivity contribution in [2.24, 2.45) is 0 Å². The SMILES string of the molecule is COc1ccc(Cl)cc1CC(=O)c1cncc(Br)c1. The minimum Gasteiger partial charge on any atom is -0.496 e. The zero-order valence-corrected chi connectivity index (χ0v) is 12.5. The summed E-state index contributed by atoms with van der Waals surface area (Å²) in [6.07, 6.45) is 3.41. The summed E-state index contributed by atoms with van der Waals surface area (Å²) in [4.78, 5) is 16.2. The maximum Gasteiger partial charge on any atom is 0.168 e. The molecule has 0 atom stereocenters. The highest BCUT2D eigenvalue weighted by Gasteiger charge is 2.12. The Hall–Kier alpha value is -1.39. The molecule has 0 saturated carbocycles. The lowest BCUT2D eigenvalue weighted by Gasteiger charge is -2.08. The highest BCUT2D eigenvalue weighted by Crippen LogP contribution is 2.24. The van der Waals surface area contributed by atoms with Gasteiger partial charge in [-0.1, -0.05) is 11.6 Å². The van der Waals surface area contributed by atoms with Crippen molar-refractivity contribution in [3.63, 3.8) is 0 Å². The number of Topliss-reactive ketones (excluding diaryl/α,β-unsaturated/α-hetero) is 1. The number of methoxy groups -OCH3 is 1. The van der Waals surface area contributed by atoms with Gasteiger partial charge in [0.05, 0.1) is 7.11 Å². The molecule has 0 N–H and O–H groups in total. The summed E-state index contributed by atoms with van der Waals surface area (Å²) in [5.41, 5.74) is 1.32. The smallest absolute Gasteiger partial charge is 0.168 e. The zero-order chi connectivity index (χ0) is 13.8. The minimum atomic E-state index is -0.0330. The maximum atomic E-state index is 12.2. The van der Waals surface area contributed by atoms with Crippen molar-refractivity contribution < 1.29 is 9.53 Å². The van der Waals surface area contributed by atoms with Crippen molar-refractivity contribution in [2.75, 3.05) is 7.11 Å². The normalized spacial score (nSPS) is 10.3. The molecule has 0 aliphatic heterocycles. The fraction of sp³-hybridized carbons (Fsp3) is 0.143. The number of ether oxygens (including phenoxy) is 1. The lowest BCUT2D eigenvalue weighted by Crippen LogP contribution is -2.05. The number of carbonyl (C=O) groups is 1. The Labute approximate surface area is 124 Å². The lowest BCUT2D eigenvalue weighted by molar-refractivity contribution is 0.0991. The number of halogens is 2. The molecule has 0 aliphatic rings. The van der Waals surface area contributed by atoms with Gasteiger partial charge in [0.15, 0.2) is 5.78 Å². The van der Waals surface area contributed by atoms with Gasteiger partial charge in [-0.2, -0.15) is 0 Å². The molecule has 3 nitrogen and oxygen atoms in total. The van der Waals surface area contributed by atoms with Crippen molar-refractivity contribution in [1.29, 1.82) is 0 Å². The van der Waals surface area contributed by atoms with Crippen LogP contribution in [-0.2, 0) is 6.42 Å². The summed E-state index contributed by atoms with van der Waals surface area (Å²) in [7, 11) is 1.57. The fourth-order valence-corrected chi connectivity index (χ4v) is 2.28. The van der Waals surface area contributed by atoms with E-state index >= 15 is 0 Å². The van der Waals surface area contributed by atoms with Gasteiger partial charge in [0.25, 0.3) is 0 Å². The van der Waals surface area contributed by atoms with E-state index in [1.807, 2.05) is 0 Å². The molecule has 2 rings (SSSR count). The van der Waals surface area contributed by atoms with Crippen LogP contribution in [-0.4, -0.2) is 17.9 Å². The van der Waals surface area contributed by atoms with Crippen LogP contribution in [0.15, 0.2) is 41.1 Å². The number of hydrogen-bond acceptors (Lipinski definition) is 3. The summed E-state index contributed by atoms with van der Waals surface area (Å²) < 4.78 is 6.00. The zero-order valence-electron chi connectivity index (χ0n) is 10.2. The Kier molecular flexibility index (Phi) is 4.56. The van der Waals surface area contributed by atoms with Crippen LogP contribution in [0.1, 0.15) is 15.9 Å². The Morgan fingerprint density at radius 2 is 2.16 bits per heavy atom. The molecule has 0 fully saturated rings. The molecular weight excluding hydrogens is 330 g/mol.